The van der Waals surface area contributed by atoms with E-state index < -0.39 is 18.1 Å². The van der Waals surface area contributed by atoms with Gasteiger partial charge in [0.1, 0.15) is 5.78 Å². The largest absolute Gasteiger partial charge is 0.300 e. The van der Waals surface area contributed by atoms with Crippen LogP contribution >= 0.6 is 0 Å². The monoisotopic (exact) mass is 369 g/mol. The van der Waals surface area contributed by atoms with Crippen LogP contribution < -0.4 is 4.72 Å². The fourth-order valence-electron chi connectivity index (χ4n) is 2.69. The highest BCUT2D eigenvalue weighted by atomic mass is 32.2. The van der Waals surface area contributed by atoms with Crippen molar-refractivity contribution in [2.75, 3.05) is 0 Å². The zero-order valence-corrected chi connectivity index (χ0v) is 17.5. The van der Waals surface area contributed by atoms with Gasteiger partial charge in [-0.3, -0.25) is 4.79 Å². The predicted octanol–water partition coefficient (Wildman–Crippen LogP) is 3.99. The van der Waals surface area contributed by atoms with E-state index in [0.717, 1.165) is 5.56 Å². The number of Topliss-reactive ketones (excluding diaryl/α,β-unsaturated/α-hetero) is 1. The van der Waals surface area contributed by atoms with E-state index in [0.29, 0.717) is 18.4 Å². The maximum Gasteiger partial charge on any atom is 0.240 e. The molecule has 1 atom stereocenters. The lowest BCUT2D eigenvalue weighted by molar-refractivity contribution is -0.117. The molecule has 24 heavy (non-hydrogen) atoms. The lowest BCUT2D eigenvalue weighted by Crippen LogP contribution is -2.38. The van der Waals surface area contributed by atoms with Crippen LogP contribution in [0.3, 0.4) is 0 Å². The first kappa shape index (κ1) is 21.1. The van der Waals surface area contributed by atoms with Crippen LogP contribution in [0.1, 0.15) is 32.3 Å². The highest BCUT2D eigenvalue weighted by Crippen LogP contribution is 2.17. The molecule has 0 unspecified atom stereocenters. The molecule has 1 aromatic rings. The quantitative estimate of drug-likeness (QED) is 0.670. The number of rotatable bonds is 9. The number of nitrogens with one attached hydrogen (secondary N) is 1. The number of benzene rings is 1. The molecule has 4 nitrogen and oxygen atoms in total. The van der Waals surface area contributed by atoms with Crippen molar-refractivity contribution in [1.82, 2.24) is 4.72 Å². The van der Waals surface area contributed by atoms with Crippen molar-refractivity contribution in [3.05, 3.63) is 29.8 Å². The third kappa shape index (κ3) is 7.72. The van der Waals surface area contributed by atoms with Gasteiger partial charge in [0, 0.05) is 18.5 Å². The van der Waals surface area contributed by atoms with Crippen LogP contribution in [0.2, 0.25) is 25.7 Å². The standard InChI is InChI=1S/C18H31NO3SSi/c1-14(2)11-16(12-17(20)13-24(4,5)6)19-23(21,22)18-9-7-15(3)8-10-18/h7-10,14,16,19H,11-13H2,1-6H3/t16-/m0/s1. The van der Waals surface area contributed by atoms with E-state index in [-0.39, 0.29) is 23.1 Å². The van der Waals surface area contributed by atoms with Gasteiger partial charge in [-0.1, -0.05) is 51.2 Å². The molecule has 0 amide bonds. The van der Waals surface area contributed by atoms with Crippen molar-refractivity contribution < 1.29 is 13.2 Å². The smallest absolute Gasteiger partial charge is 0.240 e. The van der Waals surface area contributed by atoms with E-state index in [4.69, 9.17) is 0 Å². The molecule has 0 saturated heterocycles. The predicted molar refractivity (Wildman–Crippen MR) is 103 cm³/mol. The minimum absolute atomic E-state index is 0.159. The van der Waals surface area contributed by atoms with Crippen LogP contribution in [0.5, 0.6) is 0 Å². The Bertz CT molecular complexity index is 646. The van der Waals surface area contributed by atoms with Gasteiger partial charge in [0.2, 0.25) is 10.0 Å². The molecule has 0 aliphatic heterocycles. The van der Waals surface area contributed by atoms with Crippen LogP contribution in [0.15, 0.2) is 29.2 Å². The molecular formula is C18H31NO3SSi. The summed E-state index contributed by atoms with van der Waals surface area (Å²) in [6, 6.07) is 7.01. The average molecular weight is 370 g/mol. The van der Waals surface area contributed by atoms with Gasteiger partial charge in [-0.2, -0.15) is 0 Å². The summed E-state index contributed by atoms with van der Waals surface area (Å²) >= 11 is 0. The van der Waals surface area contributed by atoms with Crippen molar-refractivity contribution in [3.63, 3.8) is 0 Å². The van der Waals surface area contributed by atoms with Crippen LogP contribution in [-0.4, -0.2) is 28.3 Å². The topological polar surface area (TPSA) is 63.2 Å². The molecule has 6 heteroatoms. The number of hydrogen-bond acceptors (Lipinski definition) is 3. The van der Waals surface area contributed by atoms with Crippen molar-refractivity contribution in [2.24, 2.45) is 5.92 Å². The Morgan fingerprint density at radius 2 is 1.67 bits per heavy atom. The van der Waals surface area contributed by atoms with E-state index >= 15 is 0 Å². The third-order valence-corrected chi connectivity index (χ3v) is 6.60. The van der Waals surface area contributed by atoms with E-state index in [9.17, 15) is 13.2 Å². The van der Waals surface area contributed by atoms with Gasteiger partial charge in [-0.25, -0.2) is 13.1 Å². The van der Waals surface area contributed by atoms with E-state index in [1.165, 1.54) is 0 Å². The molecule has 0 aliphatic carbocycles. The van der Waals surface area contributed by atoms with Gasteiger partial charge in [-0.05, 0) is 31.4 Å². The zero-order chi connectivity index (χ0) is 18.5. The normalized spacial score (nSPS) is 14.0. The minimum atomic E-state index is -3.60. The maximum atomic E-state index is 12.6. The lowest BCUT2D eigenvalue weighted by atomic mass is 10.0. The second-order valence-corrected chi connectivity index (χ2v) is 15.4. The highest BCUT2D eigenvalue weighted by molar-refractivity contribution is 7.89. The van der Waals surface area contributed by atoms with Gasteiger partial charge in [-0.15, -0.1) is 0 Å². The van der Waals surface area contributed by atoms with Crippen molar-refractivity contribution >= 4 is 23.9 Å². The maximum absolute atomic E-state index is 12.6. The Hall–Kier alpha value is -0.983. The second kappa shape index (κ2) is 8.40. The summed E-state index contributed by atoms with van der Waals surface area (Å²) < 4.78 is 27.9. The molecule has 1 aromatic carbocycles. The van der Waals surface area contributed by atoms with Crippen molar-refractivity contribution in [1.29, 1.82) is 0 Å². The van der Waals surface area contributed by atoms with E-state index in [1.807, 2.05) is 20.8 Å². The van der Waals surface area contributed by atoms with E-state index in [1.54, 1.807) is 24.3 Å². The Labute approximate surface area is 148 Å². The first-order valence-electron chi connectivity index (χ1n) is 8.50. The Morgan fingerprint density at radius 1 is 1.12 bits per heavy atom. The van der Waals surface area contributed by atoms with Gasteiger partial charge in [0.25, 0.3) is 0 Å². The summed E-state index contributed by atoms with van der Waals surface area (Å²) in [5, 5.41) is 0. The van der Waals surface area contributed by atoms with E-state index in [2.05, 4.69) is 24.4 Å². The molecule has 0 heterocycles. The number of hydrogen-bond donors (Lipinski definition) is 1. The molecule has 0 radical (unpaired) electrons. The molecule has 0 bridgehead atoms. The summed E-state index contributed by atoms with van der Waals surface area (Å²) in [6.45, 7) is 12.4. The Kier molecular flexibility index (Phi) is 7.37. The molecule has 0 fully saturated rings. The van der Waals surface area contributed by atoms with Crippen molar-refractivity contribution in [3.8, 4) is 0 Å². The molecule has 0 aliphatic rings. The first-order chi connectivity index (χ1) is 10.9. The zero-order valence-electron chi connectivity index (χ0n) is 15.7. The SMILES string of the molecule is Cc1ccc(S(=O)(=O)N[C@H](CC(=O)C[Si](C)(C)C)CC(C)C)cc1. The second-order valence-electron chi connectivity index (χ2n) is 8.24. The van der Waals surface area contributed by atoms with Crippen LogP contribution in [-0.2, 0) is 14.8 Å². The van der Waals surface area contributed by atoms with Gasteiger partial charge in [0.15, 0.2) is 0 Å². The summed E-state index contributed by atoms with van der Waals surface area (Å²) in [5.41, 5.74) is 1.01. The molecule has 136 valence electrons. The fraction of sp³-hybridized carbons (Fsp3) is 0.611. The lowest BCUT2D eigenvalue weighted by Gasteiger charge is -2.22. The van der Waals surface area contributed by atoms with Crippen LogP contribution in [0.25, 0.3) is 0 Å². The third-order valence-electron chi connectivity index (χ3n) is 3.61. The van der Waals surface area contributed by atoms with Crippen molar-refractivity contribution in [2.45, 2.75) is 70.2 Å². The molecule has 1 rings (SSSR count). The molecule has 0 spiro atoms. The summed E-state index contributed by atoms with van der Waals surface area (Å²) in [4.78, 5) is 12.6. The molecule has 1 N–H and O–H groups in total. The highest BCUT2D eigenvalue weighted by Gasteiger charge is 2.25. The van der Waals surface area contributed by atoms with Gasteiger partial charge in [0.05, 0.1) is 13.0 Å². The summed E-state index contributed by atoms with van der Waals surface area (Å²) in [5.74, 6) is 0.474. The summed E-state index contributed by atoms with van der Waals surface area (Å²) in [7, 11) is -5.08. The van der Waals surface area contributed by atoms with Gasteiger partial charge >= 0.3 is 0 Å². The molecule has 0 saturated carbocycles. The molecular weight excluding hydrogens is 338 g/mol. The number of sulfonamides is 1. The first-order valence-corrected chi connectivity index (χ1v) is 13.7. The Balaban J connectivity index is 2.88. The van der Waals surface area contributed by atoms with Crippen LogP contribution in [0.4, 0.5) is 0 Å². The van der Waals surface area contributed by atoms with Gasteiger partial charge < -0.3 is 0 Å². The number of carbonyl (C=O) groups excluding carboxylic acids is 1. The molecule has 0 aromatic heterocycles. The number of ketones is 1. The summed E-state index contributed by atoms with van der Waals surface area (Å²) in [6.07, 6.45) is 0.927. The number of carbonyl (C=O) groups is 1. The Morgan fingerprint density at radius 3 is 2.12 bits per heavy atom. The fourth-order valence-corrected chi connectivity index (χ4v) is 5.26. The van der Waals surface area contributed by atoms with Crippen LogP contribution in [0, 0.1) is 12.8 Å². The minimum Gasteiger partial charge on any atom is -0.300 e. The number of aryl methyl sites for hydroxylation is 1. The average Bonchev–Trinajstić information content (AvgIpc) is 2.35.